The van der Waals surface area contributed by atoms with Gasteiger partial charge in [-0.25, -0.2) is 18.1 Å². The van der Waals surface area contributed by atoms with Crippen molar-refractivity contribution in [3.8, 4) is 5.88 Å². The first-order valence-corrected chi connectivity index (χ1v) is 16.1. The molecule has 0 radical (unpaired) electrons. The van der Waals surface area contributed by atoms with Crippen LogP contribution in [0.1, 0.15) is 61.2 Å². The molecule has 1 atom stereocenters. The predicted molar refractivity (Wildman–Crippen MR) is 163 cm³/mol. The molecular formula is C31H38N6O6S. The highest BCUT2D eigenvalue weighted by Gasteiger charge is 2.41. The number of carbonyl (C=O) groups is 1. The second kappa shape index (κ2) is 12.6. The van der Waals surface area contributed by atoms with E-state index in [1.54, 1.807) is 24.6 Å². The molecule has 5 rings (SSSR count). The summed E-state index contributed by atoms with van der Waals surface area (Å²) in [5, 5.41) is 19.0. The van der Waals surface area contributed by atoms with Gasteiger partial charge in [-0.2, -0.15) is 4.31 Å². The number of pyridine rings is 2. The lowest BCUT2D eigenvalue weighted by atomic mass is 9.71. The van der Waals surface area contributed by atoms with Gasteiger partial charge < -0.3 is 14.6 Å². The maximum absolute atomic E-state index is 14.0. The summed E-state index contributed by atoms with van der Waals surface area (Å²) in [6.45, 7) is 10.8. The van der Waals surface area contributed by atoms with Crippen molar-refractivity contribution in [3.63, 3.8) is 0 Å². The van der Waals surface area contributed by atoms with Gasteiger partial charge in [0, 0.05) is 37.5 Å². The van der Waals surface area contributed by atoms with Gasteiger partial charge in [0.25, 0.3) is 0 Å². The average Bonchev–Trinajstić information content (AvgIpc) is 3.41. The summed E-state index contributed by atoms with van der Waals surface area (Å²) < 4.78 is 42.4. The topological polar surface area (TPSA) is 150 Å². The Labute approximate surface area is 257 Å². The number of aromatic nitrogens is 5. The van der Waals surface area contributed by atoms with E-state index in [2.05, 4.69) is 15.3 Å². The second-order valence-electron chi connectivity index (χ2n) is 11.5. The summed E-state index contributed by atoms with van der Waals surface area (Å²) in [4.78, 5) is 21.8. The Morgan fingerprint density at radius 1 is 1.11 bits per heavy atom. The molecule has 234 valence electrons. The Morgan fingerprint density at radius 2 is 1.91 bits per heavy atom. The first kappa shape index (κ1) is 31.5. The zero-order chi connectivity index (χ0) is 31.6. The largest absolute Gasteiger partial charge is 0.481 e. The maximum Gasteiger partial charge on any atom is 0.310 e. The monoisotopic (exact) mass is 622 g/mol. The molecule has 1 aliphatic rings. The van der Waals surface area contributed by atoms with Crippen molar-refractivity contribution in [2.24, 2.45) is 5.41 Å². The van der Waals surface area contributed by atoms with Crippen LogP contribution in [0.3, 0.4) is 0 Å². The average molecular weight is 623 g/mol. The Balaban J connectivity index is 1.60. The van der Waals surface area contributed by atoms with Gasteiger partial charge in [0.05, 0.1) is 29.8 Å². The normalized spacial score (nSPS) is 16.9. The Hall–Kier alpha value is -3.94. The van der Waals surface area contributed by atoms with Crippen LogP contribution < -0.4 is 4.74 Å². The van der Waals surface area contributed by atoms with E-state index in [0.29, 0.717) is 43.1 Å². The van der Waals surface area contributed by atoms with Crippen molar-refractivity contribution in [3.05, 3.63) is 70.7 Å². The van der Waals surface area contributed by atoms with Crippen LogP contribution in [0.2, 0.25) is 0 Å². The van der Waals surface area contributed by atoms with E-state index in [-0.39, 0.29) is 30.5 Å². The zero-order valence-electron chi connectivity index (χ0n) is 25.6. The molecule has 12 nitrogen and oxygen atoms in total. The van der Waals surface area contributed by atoms with Crippen LogP contribution in [0, 0.1) is 19.3 Å². The summed E-state index contributed by atoms with van der Waals surface area (Å²) in [6.07, 6.45) is 1.96. The molecule has 44 heavy (non-hydrogen) atoms. The number of hydrogen-bond acceptors (Lipinski definition) is 9. The van der Waals surface area contributed by atoms with E-state index in [0.717, 1.165) is 22.2 Å². The van der Waals surface area contributed by atoms with Crippen LogP contribution in [-0.2, 0) is 32.6 Å². The van der Waals surface area contributed by atoms with E-state index in [9.17, 15) is 18.3 Å². The zero-order valence-corrected chi connectivity index (χ0v) is 26.5. The van der Waals surface area contributed by atoms with Crippen LogP contribution in [0.5, 0.6) is 5.88 Å². The molecule has 0 aliphatic carbocycles. The molecule has 4 aromatic rings. The first-order valence-electron chi connectivity index (χ1n) is 14.6. The van der Waals surface area contributed by atoms with Gasteiger partial charge in [-0.15, -0.1) is 5.10 Å². The molecule has 3 aromatic heterocycles. The third kappa shape index (κ3) is 5.91. The predicted octanol–water partition coefficient (Wildman–Crippen LogP) is 4.09. The lowest BCUT2D eigenvalue weighted by Crippen LogP contribution is -2.34. The van der Waals surface area contributed by atoms with Crippen LogP contribution in [0.4, 0.5) is 0 Å². The molecule has 1 N–H and O–H groups in total. The molecule has 0 unspecified atom stereocenters. The minimum Gasteiger partial charge on any atom is -0.481 e. The number of nitrogens with zero attached hydrogens (tertiary/aromatic N) is 6. The van der Waals surface area contributed by atoms with Crippen molar-refractivity contribution < 1.29 is 27.8 Å². The van der Waals surface area contributed by atoms with E-state index in [4.69, 9.17) is 14.5 Å². The highest BCUT2D eigenvalue weighted by Crippen LogP contribution is 2.43. The Morgan fingerprint density at radius 3 is 2.66 bits per heavy atom. The van der Waals surface area contributed by atoms with Crippen molar-refractivity contribution in [2.75, 3.05) is 26.4 Å². The molecule has 0 spiro atoms. The maximum atomic E-state index is 14.0. The fourth-order valence-electron chi connectivity index (χ4n) is 5.59. The van der Waals surface area contributed by atoms with Crippen molar-refractivity contribution in [1.29, 1.82) is 0 Å². The molecule has 1 aromatic carbocycles. The number of rotatable bonds is 7. The molecule has 0 saturated heterocycles. The van der Waals surface area contributed by atoms with Gasteiger partial charge >= 0.3 is 5.97 Å². The van der Waals surface area contributed by atoms with E-state index < -0.39 is 27.3 Å². The number of benzene rings is 1. The highest BCUT2D eigenvalue weighted by atomic mass is 32.2. The van der Waals surface area contributed by atoms with E-state index in [1.165, 1.54) is 16.6 Å². The summed E-state index contributed by atoms with van der Waals surface area (Å²) in [6, 6.07) is 10.6. The quantitative estimate of drug-likeness (QED) is 0.319. The lowest BCUT2D eigenvalue weighted by molar-refractivity contribution is -0.147. The Kier molecular flexibility index (Phi) is 9.00. The van der Waals surface area contributed by atoms with Gasteiger partial charge in [0.1, 0.15) is 17.0 Å². The van der Waals surface area contributed by atoms with E-state index in [1.807, 2.05) is 45.0 Å². The molecule has 13 heteroatoms. The SMILES string of the molecule is CCn1nnc2c(C)c([C@H](c3ccc(C)c(CN4CCCOCCOc5ncccc5S4(=O)=O)n3)C(C)(C)C(=O)O)ccc21. The van der Waals surface area contributed by atoms with Crippen molar-refractivity contribution in [2.45, 2.75) is 64.9 Å². The van der Waals surface area contributed by atoms with Gasteiger partial charge in [-0.3, -0.25) is 9.78 Å². The van der Waals surface area contributed by atoms with Crippen LogP contribution in [0.25, 0.3) is 11.0 Å². The minimum atomic E-state index is -4.03. The second-order valence-corrected chi connectivity index (χ2v) is 13.4. The number of carboxylic acid groups (broad SMARTS) is 1. The summed E-state index contributed by atoms with van der Waals surface area (Å²) in [5.41, 5.74) is 3.72. The molecular weight excluding hydrogens is 584 g/mol. The summed E-state index contributed by atoms with van der Waals surface area (Å²) in [5.74, 6) is -1.63. The number of hydrogen-bond donors (Lipinski definition) is 1. The number of aliphatic carboxylic acids is 1. The smallest absolute Gasteiger partial charge is 0.310 e. The standard InChI is InChI=1S/C31H38N6O6S/c1-6-37-25-13-11-22(21(3)28(25)34-35-37)27(31(4,5)30(38)39)23-12-10-20(2)24(33-23)19-36-15-8-16-42-17-18-43-29-26(44(36,40)41)9-7-14-32-29/h7,9-14,27H,6,8,15-19H2,1-5H3,(H,38,39)/t27-/m1/s1. The molecule has 0 amide bonds. The third-order valence-electron chi connectivity index (χ3n) is 8.23. The molecule has 0 saturated carbocycles. The lowest BCUT2D eigenvalue weighted by Gasteiger charge is -2.32. The molecule has 0 bridgehead atoms. The first-order chi connectivity index (χ1) is 21.0. The number of carboxylic acids is 1. The summed E-state index contributed by atoms with van der Waals surface area (Å²) in [7, 11) is -4.03. The minimum absolute atomic E-state index is 0.0235. The van der Waals surface area contributed by atoms with Crippen molar-refractivity contribution >= 4 is 27.0 Å². The van der Waals surface area contributed by atoms with Gasteiger partial charge in [0.15, 0.2) is 0 Å². The third-order valence-corrected chi connectivity index (χ3v) is 10.1. The fraction of sp³-hybridized carbons (Fsp3) is 0.452. The molecule has 4 heterocycles. The van der Waals surface area contributed by atoms with Crippen molar-refractivity contribution in [1.82, 2.24) is 29.3 Å². The number of ether oxygens (including phenoxy) is 2. The van der Waals surface area contributed by atoms with E-state index >= 15 is 0 Å². The van der Waals surface area contributed by atoms with Crippen LogP contribution in [-0.4, -0.2) is 75.1 Å². The van der Waals surface area contributed by atoms with Crippen LogP contribution >= 0.6 is 0 Å². The van der Waals surface area contributed by atoms with Gasteiger partial charge in [0.2, 0.25) is 15.9 Å². The summed E-state index contributed by atoms with van der Waals surface area (Å²) >= 11 is 0. The number of fused-ring (bicyclic) bond motifs is 2. The molecule has 1 aliphatic heterocycles. The van der Waals surface area contributed by atoms with Gasteiger partial charge in [-0.05, 0) is 82.0 Å². The molecule has 0 fully saturated rings. The Bertz CT molecular complexity index is 1790. The van der Waals surface area contributed by atoms with Crippen LogP contribution in [0.15, 0.2) is 47.5 Å². The number of aryl methyl sites for hydroxylation is 3. The fourth-order valence-corrected chi connectivity index (χ4v) is 7.12. The van der Waals surface area contributed by atoms with Gasteiger partial charge in [-0.1, -0.05) is 17.3 Å². The highest BCUT2D eigenvalue weighted by molar-refractivity contribution is 7.89. The number of sulfonamides is 1.